The number of halogens is 4. The maximum Gasteiger partial charge on any atom is 0.436 e. The van der Waals surface area contributed by atoms with Crippen molar-refractivity contribution in [2.75, 3.05) is 33.2 Å². The van der Waals surface area contributed by atoms with Crippen LogP contribution in [0.3, 0.4) is 0 Å². The molecule has 1 saturated heterocycles. The molecule has 130 valence electrons. The monoisotopic (exact) mass is 353 g/mol. The van der Waals surface area contributed by atoms with Crippen LogP contribution in [0, 0.1) is 6.92 Å². The first-order valence-corrected chi connectivity index (χ1v) is 7.55. The molecular formula is C13H19ClF3N5O. The molecule has 1 amide bonds. The van der Waals surface area contributed by atoms with E-state index in [0.717, 1.165) is 17.8 Å². The number of nitrogens with one attached hydrogen (secondary N) is 1. The Hall–Kier alpha value is -1.32. The number of amides is 1. The Morgan fingerprint density at radius 3 is 2.35 bits per heavy atom. The normalized spacial score (nSPS) is 18.9. The lowest BCUT2D eigenvalue weighted by Crippen LogP contribution is -2.53. The highest BCUT2D eigenvalue weighted by Crippen LogP contribution is 2.36. The molecule has 1 fully saturated rings. The van der Waals surface area contributed by atoms with Gasteiger partial charge in [-0.1, -0.05) is 11.6 Å². The predicted octanol–water partition coefficient (Wildman–Crippen LogP) is 1.70. The first kappa shape index (κ1) is 18.0. The Morgan fingerprint density at radius 1 is 1.30 bits per heavy atom. The molecule has 10 heteroatoms. The molecular weight excluding hydrogens is 335 g/mol. The van der Waals surface area contributed by atoms with Crippen molar-refractivity contribution in [2.24, 2.45) is 0 Å². The Labute approximate surface area is 137 Å². The van der Waals surface area contributed by atoms with Gasteiger partial charge in [-0.3, -0.25) is 14.9 Å². The van der Waals surface area contributed by atoms with Gasteiger partial charge in [0.25, 0.3) is 5.91 Å². The van der Waals surface area contributed by atoms with Gasteiger partial charge < -0.3 is 4.90 Å². The molecule has 0 saturated carbocycles. The molecule has 0 aromatic carbocycles. The van der Waals surface area contributed by atoms with Gasteiger partial charge in [0, 0.05) is 26.2 Å². The summed E-state index contributed by atoms with van der Waals surface area (Å²) in [5.74, 6) is -0.425. The number of rotatable bonds is 3. The number of carbonyl (C=O) groups excluding carboxylic acids is 1. The van der Waals surface area contributed by atoms with Gasteiger partial charge in [-0.15, -0.1) is 0 Å². The molecule has 1 aromatic rings. The van der Waals surface area contributed by atoms with Gasteiger partial charge in [0.1, 0.15) is 6.04 Å². The largest absolute Gasteiger partial charge is 0.436 e. The molecule has 0 spiro atoms. The van der Waals surface area contributed by atoms with Gasteiger partial charge in [0.05, 0.1) is 10.7 Å². The molecule has 2 rings (SSSR count). The number of hydrazine groups is 1. The Kier molecular flexibility index (Phi) is 5.22. The van der Waals surface area contributed by atoms with Crippen molar-refractivity contribution < 1.29 is 18.0 Å². The maximum absolute atomic E-state index is 12.8. The van der Waals surface area contributed by atoms with Crippen LogP contribution in [0.2, 0.25) is 5.02 Å². The van der Waals surface area contributed by atoms with E-state index in [0.29, 0.717) is 13.1 Å². The van der Waals surface area contributed by atoms with E-state index in [9.17, 15) is 18.0 Å². The van der Waals surface area contributed by atoms with Gasteiger partial charge in [-0.2, -0.15) is 18.3 Å². The highest BCUT2D eigenvalue weighted by molar-refractivity contribution is 6.32. The lowest BCUT2D eigenvalue weighted by Gasteiger charge is -2.33. The number of hydrogen-bond donors (Lipinski definition) is 1. The van der Waals surface area contributed by atoms with E-state index < -0.39 is 28.8 Å². The van der Waals surface area contributed by atoms with Crippen molar-refractivity contribution in [3.8, 4) is 0 Å². The van der Waals surface area contributed by atoms with Crippen molar-refractivity contribution in [3.63, 3.8) is 0 Å². The molecule has 1 aromatic heterocycles. The van der Waals surface area contributed by atoms with Crippen LogP contribution in [-0.2, 0) is 11.0 Å². The van der Waals surface area contributed by atoms with E-state index in [4.69, 9.17) is 11.6 Å². The van der Waals surface area contributed by atoms with Crippen LogP contribution in [0.4, 0.5) is 13.2 Å². The summed E-state index contributed by atoms with van der Waals surface area (Å²) in [5, 5.41) is 4.76. The molecule has 23 heavy (non-hydrogen) atoms. The number of alkyl halides is 3. The van der Waals surface area contributed by atoms with E-state index in [1.807, 2.05) is 7.05 Å². The highest BCUT2D eigenvalue weighted by atomic mass is 35.5. The highest BCUT2D eigenvalue weighted by Gasteiger charge is 2.39. The minimum Gasteiger partial charge on any atom is -0.304 e. The third kappa shape index (κ3) is 3.96. The smallest absolute Gasteiger partial charge is 0.304 e. The molecule has 1 unspecified atom stereocenters. The van der Waals surface area contributed by atoms with Crippen molar-refractivity contribution >= 4 is 17.5 Å². The summed E-state index contributed by atoms with van der Waals surface area (Å²) in [4.78, 5) is 14.4. The van der Waals surface area contributed by atoms with Gasteiger partial charge in [0.15, 0.2) is 5.69 Å². The SMILES string of the molecule is Cc1c(Cl)c(C(F)(F)F)nn1C(C)C(=O)NN1CCN(C)CC1. The van der Waals surface area contributed by atoms with E-state index in [1.54, 1.807) is 5.01 Å². The van der Waals surface area contributed by atoms with Crippen LogP contribution in [0.5, 0.6) is 0 Å². The van der Waals surface area contributed by atoms with Crippen molar-refractivity contribution in [2.45, 2.75) is 26.1 Å². The van der Waals surface area contributed by atoms with E-state index in [2.05, 4.69) is 15.4 Å². The van der Waals surface area contributed by atoms with Crippen molar-refractivity contribution in [1.29, 1.82) is 0 Å². The zero-order valence-electron chi connectivity index (χ0n) is 13.1. The average molecular weight is 354 g/mol. The second kappa shape index (κ2) is 6.66. The number of nitrogens with zero attached hydrogens (tertiary/aromatic N) is 4. The van der Waals surface area contributed by atoms with Crippen molar-refractivity contribution in [3.05, 3.63) is 16.4 Å². The van der Waals surface area contributed by atoms with Crippen LogP contribution in [0.25, 0.3) is 0 Å². The quantitative estimate of drug-likeness (QED) is 0.898. The fourth-order valence-electron chi connectivity index (χ4n) is 2.34. The van der Waals surface area contributed by atoms with Gasteiger partial charge in [-0.05, 0) is 20.9 Å². The third-order valence-corrected chi connectivity index (χ3v) is 4.32. The summed E-state index contributed by atoms with van der Waals surface area (Å²) in [7, 11) is 1.98. The lowest BCUT2D eigenvalue weighted by atomic mass is 10.3. The van der Waals surface area contributed by atoms with E-state index in [-0.39, 0.29) is 5.69 Å². The molecule has 1 N–H and O–H groups in total. The number of likely N-dealkylation sites (N-methyl/N-ethyl adjacent to an activating group) is 1. The molecule has 1 aliphatic heterocycles. The zero-order valence-corrected chi connectivity index (χ0v) is 13.9. The van der Waals surface area contributed by atoms with Crippen molar-refractivity contribution in [1.82, 2.24) is 25.1 Å². The van der Waals surface area contributed by atoms with E-state index >= 15 is 0 Å². The summed E-state index contributed by atoms with van der Waals surface area (Å²) in [6, 6.07) is -0.900. The fourth-order valence-corrected chi connectivity index (χ4v) is 2.57. The molecule has 0 aliphatic carbocycles. The Bertz CT molecular complexity index is 581. The molecule has 0 radical (unpaired) electrons. The number of aromatic nitrogens is 2. The summed E-state index contributed by atoms with van der Waals surface area (Å²) in [5.41, 5.74) is 1.66. The second-order valence-electron chi connectivity index (χ2n) is 5.63. The number of carbonyl (C=O) groups is 1. The molecule has 2 heterocycles. The standard InChI is InChI=1S/C13H19ClF3N5O/c1-8-10(14)11(13(15,16)17)18-22(8)9(2)12(23)19-21-6-4-20(3)5-7-21/h9H,4-7H2,1-3H3,(H,19,23). The summed E-state index contributed by atoms with van der Waals surface area (Å²) >= 11 is 5.70. The minimum atomic E-state index is -4.65. The Morgan fingerprint density at radius 2 is 1.87 bits per heavy atom. The fraction of sp³-hybridized carbons (Fsp3) is 0.692. The minimum absolute atomic E-state index is 0.111. The zero-order chi connectivity index (χ0) is 17.4. The van der Waals surface area contributed by atoms with Crippen LogP contribution in [0.15, 0.2) is 0 Å². The predicted molar refractivity (Wildman–Crippen MR) is 78.9 cm³/mol. The topological polar surface area (TPSA) is 53.4 Å². The summed E-state index contributed by atoms with van der Waals surface area (Å²) in [6.45, 7) is 5.81. The molecule has 6 nitrogen and oxygen atoms in total. The Balaban J connectivity index is 2.11. The van der Waals surface area contributed by atoms with Crippen LogP contribution in [0.1, 0.15) is 24.4 Å². The first-order chi connectivity index (χ1) is 10.6. The van der Waals surface area contributed by atoms with Gasteiger partial charge >= 0.3 is 6.18 Å². The van der Waals surface area contributed by atoms with E-state index in [1.165, 1.54) is 13.8 Å². The number of hydrogen-bond acceptors (Lipinski definition) is 4. The number of piperazine rings is 1. The second-order valence-corrected chi connectivity index (χ2v) is 6.01. The van der Waals surface area contributed by atoms with Crippen LogP contribution in [-0.4, -0.2) is 58.8 Å². The summed E-state index contributed by atoms with van der Waals surface area (Å²) in [6.07, 6.45) is -4.65. The lowest BCUT2D eigenvalue weighted by molar-refractivity contribution is -0.142. The first-order valence-electron chi connectivity index (χ1n) is 7.17. The molecule has 1 aliphatic rings. The van der Waals surface area contributed by atoms with Gasteiger partial charge in [0.2, 0.25) is 0 Å². The van der Waals surface area contributed by atoms with Gasteiger partial charge in [-0.25, -0.2) is 5.01 Å². The van der Waals surface area contributed by atoms with Crippen LogP contribution >= 0.6 is 11.6 Å². The average Bonchev–Trinajstić information content (AvgIpc) is 2.77. The maximum atomic E-state index is 12.8. The molecule has 0 bridgehead atoms. The third-order valence-electron chi connectivity index (χ3n) is 3.86. The van der Waals surface area contributed by atoms with Crippen LogP contribution < -0.4 is 5.43 Å². The molecule has 1 atom stereocenters. The summed E-state index contributed by atoms with van der Waals surface area (Å²) < 4.78 is 39.5.